The van der Waals surface area contributed by atoms with Crippen LogP contribution in [-0.4, -0.2) is 31.0 Å². The van der Waals surface area contributed by atoms with Crippen molar-refractivity contribution in [2.24, 2.45) is 0 Å². The third-order valence-corrected chi connectivity index (χ3v) is 4.23. The number of aryl methyl sites for hydroxylation is 2. The number of benzene rings is 1. The van der Waals surface area contributed by atoms with Gasteiger partial charge in [-0.25, -0.2) is 0 Å². The van der Waals surface area contributed by atoms with E-state index in [2.05, 4.69) is 15.5 Å². The van der Waals surface area contributed by atoms with E-state index in [0.717, 1.165) is 23.2 Å². The number of anilines is 1. The van der Waals surface area contributed by atoms with E-state index < -0.39 is 10.5 Å². The smallest absolute Gasteiger partial charge is 0.292 e. The van der Waals surface area contributed by atoms with Crippen LogP contribution in [0.4, 0.5) is 11.4 Å². The maximum absolute atomic E-state index is 12.4. The van der Waals surface area contributed by atoms with Crippen molar-refractivity contribution < 1.29 is 4.92 Å². The second-order valence-electron chi connectivity index (χ2n) is 5.92. The lowest BCUT2D eigenvalue weighted by atomic mass is 10.3. The number of nitrogens with zero attached hydrogens (tertiary/aromatic N) is 5. The van der Waals surface area contributed by atoms with Crippen LogP contribution in [0.2, 0.25) is 5.02 Å². The van der Waals surface area contributed by atoms with Crippen molar-refractivity contribution >= 4 is 23.0 Å². The van der Waals surface area contributed by atoms with Gasteiger partial charge in [-0.1, -0.05) is 11.6 Å². The molecule has 27 heavy (non-hydrogen) atoms. The highest BCUT2D eigenvalue weighted by Gasteiger charge is 2.12. The summed E-state index contributed by atoms with van der Waals surface area (Å²) in [7, 11) is 0. The van der Waals surface area contributed by atoms with Gasteiger partial charge < -0.3 is 5.32 Å². The molecule has 3 aromatic rings. The molecule has 0 radical (unpaired) electrons. The molecule has 0 aliphatic heterocycles. The van der Waals surface area contributed by atoms with Crippen molar-refractivity contribution in [1.82, 2.24) is 19.6 Å². The largest absolute Gasteiger partial charge is 0.382 e. The Morgan fingerprint density at radius 1 is 1.22 bits per heavy atom. The fourth-order valence-electron chi connectivity index (χ4n) is 2.51. The number of rotatable bonds is 7. The third-order valence-electron chi connectivity index (χ3n) is 3.87. The maximum Gasteiger partial charge on any atom is 0.292 e. The average Bonchev–Trinajstić information content (AvgIpc) is 3.07. The molecule has 0 unspecified atom stereocenters. The van der Waals surface area contributed by atoms with E-state index in [1.165, 1.54) is 30.5 Å². The number of nitrogens with one attached hydrogen (secondary N) is 1. The summed E-state index contributed by atoms with van der Waals surface area (Å²) in [6, 6.07) is 5.51. The Morgan fingerprint density at radius 2 is 1.96 bits per heavy atom. The van der Waals surface area contributed by atoms with E-state index in [1.54, 1.807) is 6.20 Å². The number of hydrogen-bond donors (Lipinski definition) is 1. The number of halogens is 1. The van der Waals surface area contributed by atoms with Gasteiger partial charge in [0.05, 0.1) is 28.7 Å². The molecule has 0 saturated heterocycles. The molecule has 0 fully saturated rings. The van der Waals surface area contributed by atoms with Gasteiger partial charge >= 0.3 is 0 Å². The van der Waals surface area contributed by atoms with Gasteiger partial charge in [0, 0.05) is 31.4 Å². The highest BCUT2D eigenvalue weighted by molar-refractivity contribution is 6.32. The molecule has 0 amide bonds. The summed E-state index contributed by atoms with van der Waals surface area (Å²) in [5.74, 6) is 0. The summed E-state index contributed by atoms with van der Waals surface area (Å²) in [6.45, 7) is 3.32. The van der Waals surface area contributed by atoms with Gasteiger partial charge in [0.25, 0.3) is 11.2 Å². The van der Waals surface area contributed by atoms with Gasteiger partial charge in [-0.15, -0.1) is 0 Å². The molecule has 140 valence electrons. The number of nitro groups is 1. The van der Waals surface area contributed by atoms with Crippen molar-refractivity contribution in [2.75, 3.05) is 11.9 Å². The number of nitro benzene ring substituents is 1. The molecule has 0 bridgehead atoms. The molecule has 2 heterocycles. The predicted molar refractivity (Wildman–Crippen MR) is 102 cm³/mol. The van der Waals surface area contributed by atoms with E-state index in [9.17, 15) is 14.9 Å². The summed E-state index contributed by atoms with van der Waals surface area (Å²) in [4.78, 5) is 22.7. The topological polar surface area (TPSA) is 108 Å². The molecular weight excluding hydrogens is 372 g/mol. The Kier molecular flexibility index (Phi) is 5.51. The Bertz CT molecular complexity index is 1010. The minimum Gasteiger partial charge on any atom is -0.382 e. The zero-order chi connectivity index (χ0) is 19.4. The Morgan fingerprint density at radius 3 is 2.59 bits per heavy atom. The number of hydrogen-bond acceptors (Lipinski definition) is 6. The van der Waals surface area contributed by atoms with Crippen LogP contribution in [0, 0.1) is 17.0 Å². The van der Waals surface area contributed by atoms with Crippen LogP contribution >= 0.6 is 11.6 Å². The van der Waals surface area contributed by atoms with Gasteiger partial charge in [-0.2, -0.15) is 14.9 Å². The minimum atomic E-state index is -0.509. The molecule has 0 saturated carbocycles. The molecule has 0 aliphatic carbocycles. The van der Waals surface area contributed by atoms with E-state index in [4.69, 9.17) is 11.6 Å². The van der Waals surface area contributed by atoms with E-state index >= 15 is 0 Å². The maximum atomic E-state index is 12.4. The molecule has 0 atom stereocenters. The van der Waals surface area contributed by atoms with Gasteiger partial charge in [-0.3, -0.25) is 19.6 Å². The van der Waals surface area contributed by atoms with E-state index in [1.807, 2.05) is 17.8 Å². The summed E-state index contributed by atoms with van der Waals surface area (Å²) >= 11 is 6.17. The fourth-order valence-corrected chi connectivity index (χ4v) is 2.70. The van der Waals surface area contributed by atoms with Crippen LogP contribution in [0.25, 0.3) is 5.69 Å². The standard InChI is InChI=1S/C17H17ClN6O3/c1-12-9-20-22(11-12)8-2-7-19-15-10-21-23(17(25)16(15)18)13-3-5-14(6-4-13)24(26)27/h3-6,9-11,19H,2,7-8H2,1H3. The molecule has 1 aromatic carbocycles. The lowest BCUT2D eigenvalue weighted by Gasteiger charge is -2.10. The Hall–Kier alpha value is -3.20. The molecule has 3 rings (SSSR count). The summed E-state index contributed by atoms with van der Waals surface area (Å²) in [5.41, 5.74) is 1.37. The molecular formula is C17H17ClN6O3. The van der Waals surface area contributed by atoms with E-state index in [0.29, 0.717) is 17.9 Å². The van der Waals surface area contributed by atoms with E-state index in [-0.39, 0.29) is 10.7 Å². The number of non-ortho nitro benzene ring substituents is 1. The van der Waals surface area contributed by atoms with Gasteiger partial charge in [0.1, 0.15) is 5.02 Å². The van der Waals surface area contributed by atoms with Crippen LogP contribution in [0.5, 0.6) is 0 Å². The van der Waals surface area contributed by atoms with Crippen LogP contribution in [0.1, 0.15) is 12.0 Å². The van der Waals surface area contributed by atoms with Gasteiger partial charge in [-0.05, 0) is 31.0 Å². The van der Waals surface area contributed by atoms with Crippen molar-refractivity contribution in [3.8, 4) is 5.69 Å². The lowest BCUT2D eigenvalue weighted by molar-refractivity contribution is -0.384. The lowest BCUT2D eigenvalue weighted by Crippen LogP contribution is -2.23. The molecule has 2 aromatic heterocycles. The first kappa shape index (κ1) is 18.6. The fraction of sp³-hybridized carbons (Fsp3) is 0.235. The molecule has 9 nitrogen and oxygen atoms in total. The van der Waals surface area contributed by atoms with Crippen LogP contribution < -0.4 is 10.9 Å². The van der Waals surface area contributed by atoms with Gasteiger partial charge in [0.15, 0.2) is 0 Å². The highest BCUT2D eigenvalue weighted by Crippen LogP contribution is 2.18. The van der Waals surface area contributed by atoms with Crippen LogP contribution in [-0.2, 0) is 6.54 Å². The molecule has 0 spiro atoms. The van der Waals surface area contributed by atoms with Crippen molar-refractivity contribution in [3.63, 3.8) is 0 Å². The minimum absolute atomic E-state index is 0.0123. The highest BCUT2D eigenvalue weighted by atomic mass is 35.5. The summed E-state index contributed by atoms with van der Waals surface area (Å²) < 4.78 is 2.95. The second-order valence-corrected chi connectivity index (χ2v) is 6.30. The quantitative estimate of drug-likeness (QED) is 0.379. The van der Waals surface area contributed by atoms with Crippen molar-refractivity contribution in [3.05, 3.63) is 73.9 Å². The summed E-state index contributed by atoms with van der Waals surface area (Å²) in [5, 5.41) is 22.1. The predicted octanol–water partition coefficient (Wildman–Crippen LogP) is 2.80. The normalized spacial score (nSPS) is 10.7. The Labute approximate surface area is 159 Å². The van der Waals surface area contributed by atoms with Crippen LogP contribution in [0.3, 0.4) is 0 Å². The monoisotopic (exact) mass is 388 g/mol. The Balaban J connectivity index is 1.67. The third kappa shape index (κ3) is 4.32. The first-order valence-corrected chi connectivity index (χ1v) is 8.59. The van der Waals surface area contributed by atoms with Gasteiger partial charge in [0.2, 0.25) is 0 Å². The van der Waals surface area contributed by atoms with Crippen LogP contribution in [0.15, 0.2) is 47.7 Å². The zero-order valence-corrected chi connectivity index (χ0v) is 15.3. The van der Waals surface area contributed by atoms with Crippen molar-refractivity contribution in [1.29, 1.82) is 0 Å². The molecule has 0 aliphatic rings. The zero-order valence-electron chi connectivity index (χ0n) is 14.5. The SMILES string of the molecule is Cc1cnn(CCCNc2cnn(-c3ccc([N+](=O)[O-])cc3)c(=O)c2Cl)c1. The molecule has 1 N–H and O–H groups in total. The molecule has 10 heteroatoms. The first-order valence-electron chi connectivity index (χ1n) is 8.21. The van der Waals surface area contributed by atoms with Crippen molar-refractivity contribution in [2.45, 2.75) is 19.9 Å². The average molecular weight is 389 g/mol. The summed E-state index contributed by atoms with van der Waals surface area (Å²) in [6.07, 6.45) is 6.01. The second kappa shape index (κ2) is 8.00. The first-order chi connectivity index (χ1) is 13.0. The number of aromatic nitrogens is 4.